The van der Waals surface area contributed by atoms with Crippen LogP contribution < -0.4 is 5.23 Å². The standard InChI is InChI=1S/C17H12N5O4S2/c23-15(24)7-27-17-19-16(20-21-17)11-3-10(4-12(5-11)22(25)26)9-1-2-14-13(6-9)18-8-28-14/h1-6,8,25H,7H2,(H,23,24)(H,19,20,21)/q-1. The molecule has 3 N–H and O–H groups in total. The van der Waals surface area contributed by atoms with E-state index in [-0.39, 0.29) is 21.8 Å². The van der Waals surface area contributed by atoms with Crippen molar-refractivity contribution in [1.29, 1.82) is 0 Å². The zero-order valence-electron chi connectivity index (χ0n) is 14.1. The smallest absolute Gasteiger partial charge is 0.313 e. The molecule has 0 fully saturated rings. The van der Waals surface area contributed by atoms with Crippen molar-refractivity contribution in [3.8, 4) is 22.5 Å². The van der Waals surface area contributed by atoms with E-state index in [1.54, 1.807) is 17.6 Å². The van der Waals surface area contributed by atoms with Crippen LogP contribution in [-0.2, 0) is 4.79 Å². The molecule has 11 heteroatoms. The number of H-pyrrole nitrogens is 1. The number of rotatable bonds is 6. The van der Waals surface area contributed by atoms with Gasteiger partial charge in [-0.2, -0.15) is 0 Å². The average molecular weight is 414 g/mol. The first kappa shape index (κ1) is 18.4. The van der Waals surface area contributed by atoms with Crippen LogP contribution in [0.25, 0.3) is 32.7 Å². The molecule has 0 radical (unpaired) electrons. The Kier molecular flexibility index (Phi) is 4.96. The highest BCUT2D eigenvalue weighted by atomic mass is 32.2. The fourth-order valence-corrected chi connectivity index (χ4v) is 3.81. The van der Waals surface area contributed by atoms with Crippen LogP contribution in [0.1, 0.15) is 0 Å². The maximum absolute atomic E-state index is 11.5. The molecule has 0 saturated carbocycles. The number of aliphatic carboxylic acids is 1. The minimum absolute atomic E-state index is 0.0296. The lowest BCUT2D eigenvalue weighted by Gasteiger charge is -2.23. The van der Waals surface area contributed by atoms with Gasteiger partial charge in [0.05, 0.1) is 27.2 Å². The molecule has 142 valence electrons. The van der Waals surface area contributed by atoms with Crippen LogP contribution in [0.5, 0.6) is 0 Å². The van der Waals surface area contributed by atoms with Gasteiger partial charge in [-0.15, -0.1) is 16.4 Å². The number of aromatic nitrogens is 4. The Morgan fingerprint density at radius 2 is 2.04 bits per heavy atom. The van der Waals surface area contributed by atoms with Crippen molar-refractivity contribution < 1.29 is 15.1 Å². The van der Waals surface area contributed by atoms with Gasteiger partial charge in [-0.25, -0.2) is 9.97 Å². The van der Waals surface area contributed by atoms with Crippen molar-refractivity contribution in [3.05, 3.63) is 47.1 Å². The Morgan fingerprint density at radius 3 is 2.82 bits per heavy atom. The summed E-state index contributed by atoms with van der Waals surface area (Å²) in [5.74, 6) is -0.783. The Bertz CT molecular complexity index is 1160. The van der Waals surface area contributed by atoms with Crippen LogP contribution in [0.2, 0.25) is 0 Å². The van der Waals surface area contributed by atoms with E-state index in [9.17, 15) is 15.2 Å². The van der Waals surface area contributed by atoms with Crippen molar-refractivity contribution in [2.24, 2.45) is 0 Å². The third-order valence-corrected chi connectivity index (χ3v) is 5.51. The fourth-order valence-electron chi connectivity index (χ4n) is 2.63. The minimum Gasteiger partial charge on any atom is -0.733 e. The molecule has 0 unspecified atom stereocenters. The number of benzene rings is 2. The van der Waals surface area contributed by atoms with Crippen molar-refractivity contribution in [2.45, 2.75) is 5.16 Å². The van der Waals surface area contributed by atoms with Crippen LogP contribution in [0.3, 0.4) is 0 Å². The van der Waals surface area contributed by atoms with E-state index in [1.807, 2.05) is 18.2 Å². The summed E-state index contributed by atoms with van der Waals surface area (Å²) < 4.78 is 1.04. The van der Waals surface area contributed by atoms with Crippen LogP contribution in [0.4, 0.5) is 5.69 Å². The fraction of sp³-hybridized carbons (Fsp3) is 0.0588. The average Bonchev–Trinajstić information content (AvgIpc) is 3.34. The van der Waals surface area contributed by atoms with E-state index in [4.69, 9.17) is 5.11 Å². The van der Waals surface area contributed by atoms with Gasteiger partial charge in [0, 0.05) is 5.56 Å². The zero-order chi connectivity index (χ0) is 19.7. The van der Waals surface area contributed by atoms with Gasteiger partial charge < -0.3 is 15.5 Å². The molecule has 28 heavy (non-hydrogen) atoms. The van der Waals surface area contributed by atoms with E-state index in [0.717, 1.165) is 27.5 Å². The molecule has 0 bridgehead atoms. The lowest BCUT2D eigenvalue weighted by atomic mass is 10.0. The minimum atomic E-state index is -0.972. The number of anilines is 1. The number of aromatic amines is 1. The number of nitrogens with zero attached hydrogens (tertiary/aromatic N) is 4. The highest BCUT2D eigenvalue weighted by Gasteiger charge is 2.12. The van der Waals surface area contributed by atoms with Crippen molar-refractivity contribution in [3.63, 3.8) is 0 Å². The number of thioether (sulfide) groups is 1. The second-order valence-electron chi connectivity index (χ2n) is 5.73. The molecule has 2 aromatic carbocycles. The lowest BCUT2D eigenvalue weighted by Crippen LogP contribution is -2.07. The third kappa shape index (κ3) is 3.82. The molecular weight excluding hydrogens is 402 g/mol. The molecule has 4 aromatic rings. The molecule has 0 spiro atoms. The largest absolute Gasteiger partial charge is 0.733 e. The summed E-state index contributed by atoms with van der Waals surface area (Å²) in [6.07, 6.45) is 0. The first-order valence-electron chi connectivity index (χ1n) is 7.92. The number of hydrogen-bond donors (Lipinski definition) is 3. The number of fused-ring (bicyclic) bond motifs is 1. The first-order valence-corrected chi connectivity index (χ1v) is 9.78. The van der Waals surface area contributed by atoms with Gasteiger partial charge in [0.25, 0.3) is 0 Å². The summed E-state index contributed by atoms with van der Waals surface area (Å²) >= 11 is 2.51. The summed E-state index contributed by atoms with van der Waals surface area (Å²) in [5, 5.41) is 36.4. The molecule has 2 heterocycles. The predicted octanol–water partition coefficient (Wildman–Crippen LogP) is 3.62. The summed E-state index contributed by atoms with van der Waals surface area (Å²) in [4.78, 5) is 19.2. The summed E-state index contributed by atoms with van der Waals surface area (Å²) in [7, 11) is 0. The molecule has 0 aliphatic heterocycles. The predicted molar refractivity (Wildman–Crippen MR) is 106 cm³/mol. The Hall–Kier alpha value is -2.99. The number of carboxylic acids is 1. The van der Waals surface area contributed by atoms with Crippen molar-refractivity contribution in [2.75, 3.05) is 11.0 Å². The monoisotopic (exact) mass is 414 g/mol. The topological polar surface area (TPSA) is 138 Å². The highest BCUT2D eigenvalue weighted by molar-refractivity contribution is 7.99. The Labute approximate surface area is 166 Å². The van der Waals surface area contributed by atoms with Crippen LogP contribution in [0.15, 0.2) is 47.1 Å². The van der Waals surface area contributed by atoms with Gasteiger partial charge >= 0.3 is 5.97 Å². The van der Waals surface area contributed by atoms with Crippen molar-refractivity contribution >= 4 is 45.0 Å². The normalized spacial score (nSPS) is 11.1. The molecule has 0 amide bonds. The number of nitrogens with one attached hydrogen (secondary N) is 1. The number of carboxylic acid groups (broad SMARTS) is 1. The molecule has 0 aliphatic rings. The first-order chi connectivity index (χ1) is 13.5. The molecule has 2 aromatic heterocycles. The second-order valence-corrected chi connectivity index (χ2v) is 7.55. The summed E-state index contributed by atoms with van der Waals surface area (Å²) in [6.45, 7) is 0. The zero-order valence-corrected chi connectivity index (χ0v) is 15.7. The molecule has 4 rings (SSSR count). The van der Waals surface area contributed by atoms with Gasteiger partial charge in [-0.05, 0) is 41.5 Å². The second kappa shape index (κ2) is 7.56. The molecule has 0 saturated heterocycles. The molecule has 9 nitrogen and oxygen atoms in total. The van der Waals surface area contributed by atoms with Gasteiger partial charge in [0.1, 0.15) is 0 Å². The van der Waals surface area contributed by atoms with Crippen LogP contribution in [-0.4, -0.2) is 42.2 Å². The van der Waals surface area contributed by atoms with Crippen LogP contribution >= 0.6 is 23.1 Å². The SMILES string of the molecule is O=C(O)CSc1n[nH]c(-c2cc(-c3ccc4scnc4c3)cc(N([O-])O)c2)n1. The molecule has 0 atom stereocenters. The molecular formula is C17H12N5O4S2-. The summed E-state index contributed by atoms with van der Waals surface area (Å²) in [5.41, 5.74) is 4.66. The molecule has 0 aliphatic carbocycles. The number of hydrogen-bond acceptors (Lipinski definition) is 9. The van der Waals surface area contributed by atoms with E-state index in [1.165, 1.54) is 17.4 Å². The van der Waals surface area contributed by atoms with Gasteiger partial charge in [-0.1, -0.05) is 17.8 Å². The van der Waals surface area contributed by atoms with E-state index < -0.39 is 5.97 Å². The van der Waals surface area contributed by atoms with Gasteiger partial charge in [0.15, 0.2) is 5.82 Å². The lowest BCUT2D eigenvalue weighted by molar-refractivity contribution is -0.133. The Balaban J connectivity index is 1.74. The maximum atomic E-state index is 11.5. The maximum Gasteiger partial charge on any atom is 0.313 e. The quantitative estimate of drug-likeness (QED) is 0.319. The van der Waals surface area contributed by atoms with Crippen LogP contribution in [0, 0.1) is 5.21 Å². The summed E-state index contributed by atoms with van der Waals surface area (Å²) in [6, 6.07) is 10.6. The number of thiazole rings is 1. The number of carbonyl (C=O) groups is 1. The van der Waals surface area contributed by atoms with E-state index in [0.29, 0.717) is 17.0 Å². The van der Waals surface area contributed by atoms with E-state index in [2.05, 4.69) is 20.2 Å². The van der Waals surface area contributed by atoms with E-state index >= 15 is 0 Å². The van der Waals surface area contributed by atoms with Gasteiger partial charge in [0.2, 0.25) is 5.16 Å². The van der Waals surface area contributed by atoms with Gasteiger partial charge in [-0.3, -0.25) is 15.1 Å². The Morgan fingerprint density at radius 1 is 1.21 bits per heavy atom. The third-order valence-electron chi connectivity index (χ3n) is 3.87. The van der Waals surface area contributed by atoms with Crippen molar-refractivity contribution in [1.82, 2.24) is 20.2 Å². The highest BCUT2D eigenvalue weighted by Crippen LogP contribution is 2.32.